The van der Waals surface area contributed by atoms with E-state index in [1.807, 2.05) is 247 Å². The molecule has 5 aliphatic heterocycles. The number of nitrogens with one attached hydrogen (secondary N) is 3. The Morgan fingerprint density at radius 3 is 0.737 bits per heavy atom. The maximum Gasteiger partial charge on any atom is 0.0466 e. The molecule has 0 unspecified atom stereocenters. The van der Waals surface area contributed by atoms with Crippen LogP contribution in [0.4, 0.5) is 0 Å². The zero-order valence-corrected chi connectivity index (χ0v) is 58.6. The van der Waals surface area contributed by atoms with E-state index < -0.39 is 0 Å². The van der Waals surface area contributed by atoms with Gasteiger partial charge >= 0.3 is 0 Å². The monoisotopic (exact) mass is 1100 g/mol. The van der Waals surface area contributed by atoms with Crippen LogP contribution in [0.25, 0.3) is 0 Å². The number of pyridine rings is 1. The van der Waals surface area contributed by atoms with Gasteiger partial charge in [-0.15, -0.1) is 0 Å². The van der Waals surface area contributed by atoms with Gasteiger partial charge in [-0.2, -0.15) is 11.3 Å². The minimum atomic E-state index is 1.00. The van der Waals surface area contributed by atoms with E-state index in [0.717, 1.165) is 19.6 Å². The maximum absolute atomic E-state index is 5.07. The molecule has 76 heavy (non-hydrogen) atoms. The Labute approximate surface area is 488 Å². The van der Waals surface area contributed by atoms with Gasteiger partial charge in [-0.05, 0) is 127 Å². The molecule has 0 spiro atoms. The molecule has 4 fully saturated rings. The van der Waals surface area contributed by atoms with Gasteiger partial charge in [0.15, 0.2) is 0 Å². The Morgan fingerprint density at radius 2 is 0.618 bits per heavy atom. The smallest absolute Gasteiger partial charge is 0.0466 e. The van der Waals surface area contributed by atoms with Crippen molar-refractivity contribution < 1.29 is 4.74 Å². The van der Waals surface area contributed by atoms with Crippen LogP contribution in [-0.2, 0) is 4.74 Å². The summed E-state index contributed by atoms with van der Waals surface area (Å²) in [5, 5.41) is 13.5. The molecule has 5 aliphatic rings. The molecule has 8 heterocycles. The van der Waals surface area contributed by atoms with Crippen LogP contribution in [-0.4, -0.2) is 104 Å². The first-order chi connectivity index (χ1) is 37.8. The molecular formula is C66H148N8OS. The number of piperazine rings is 1. The molecule has 9 nitrogen and oxygen atoms in total. The first-order valence-electron chi connectivity index (χ1n) is 31.7. The quantitative estimate of drug-likeness (QED) is 0.204. The Kier molecular flexibility index (Phi) is 235. The predicted octanol–water partition coefficient (Wildman–Crippen LogP) is 20.9. The van der Waals surface area contributed by atoms with Crippen molar-refractivity contribution in [1.82, 2.24) is 40.7 Å². The summed E-state index contributed by atoms with van der Waals surface area (Å²) in [5.41, 5.74) is 0. The number of hydrogen-bond donors (Lipinski definition) is 3. The van der Waals surface area contributed by atoms with Gasteiger partial charge in [0.1, 0.15) is 0 Å². The fourth-order valence-corrected chi connectivity index (χ4v) is 4.67. The number of thiophene rings is 1. The van der Waals surface area contributed by atoms with E-state index in [1.165, 1.54) is 104 Å². The van der Waals surface area contributed by atoms with Gasteiger partial charge in [0.2, 0.25) is 0 Å². The zero-order chi connectivity index (χ0) is 62.3. The van der Waals surface area contributed by atoms with E-state index in [4.69, 9.17) is 4.74 Å². The van der Waals surface area contributed by atoms with Crippen LogP contribution in [0, 0.1) is 0 Å². The highest BCUT2D eigenvalue weighted by Gasteiger charge is 2.07. The number of hydrogen-bond acceptors (Lipinski definition) is 10. The molecule has 4 saturated heterocycles. The number of piperidine rings is 1. The van der Waals surface area contributed by atoms with Crippen LogP contribution < -0.4 is 16.0 Å². The molecule has 0 saturated carbocycles. The fraction of sp³-hybridized carbons (Fsp3) is 0.742. The number of rotatable bonds is 0. The van der Waals surface area contributed by atoms with Crippen molar-refractivity contribution in [1.29, 1.82) is 0 Å². The largest absolute Gasteiger partial charge is 0.381 e. The first-order valence-corrected chi connectivity index (χ1v) is 32.7. The second-order valence-corrected chi connectivity index (χ2v) is 12.3. The summed E-state index contributed by atoms with van der Waals surface area (Å²) in [6.07, 6.45) is 30.1. The lowest BCUT2D eigenvalue weighted by molar-refractivity contribution is 0.0968. The molecule has 0 aromatic carbocycles. The van der Waals surface area contributed by atoms with Gasteiger partial charge in [0, 0.05) is 76.6 Å². The SMILES string of the molecule is C1=CNC=CC1.C1CCNC1.C1CCNCC1.C1CCOCC1.CC.CC.CC.CC.CC.CC.CC.CC.CC.CC.CC.CC.CC.CC.CN1CCN(C)CC1.c1ccncc1.c1ccsc1.c1cnccn1. The summed E-state index contributed by atoms with van der Waals surface area (Å²) >= 11 is 1.71. The van der Waals surface area contributed by atoms with Gasteiger partial charge < -0.3 is 30.5 Å². The number of allylic oxidation sites excluding steroid dienone is 2. The molecule has 3 N–H and O–H groups in total. The minimum absolute atomic E-state index is 1.00. The van der Waals surface area contributed by atoms with Crippen molar-refractivity contribution in [3.05, 3.63) is 103 Å². The third kappa shape index (κ3) is 157. The fourth-order valence-electron chi connectivity index (χ4n) is 4.22. The first kappa shape index (κ1) is 109. The second-order valence-electron chi connectivity index (χ2n) is 11.5. The van der Waals surface area contributed by atoms with Crippen LogP contribution in [0.5, 0.6) is 0 Å². The molecule has 0 atom stereocenters. The van der Waals surface area contributed by atoms with Gasteiger partial charge in [0.25, 0.3) is 0 Å². The maximum atomic E-state index is 5.07. The van der Waals surface area contributed by atoms with E-state index in [1.54, 1.807) is 48.5 Å². The van der Waals surface area contributed by atoms with Crippen molar-refractivity contribution in [2.45, 2.75) is 252 Å². The van der Waals surface area contributed by atoms with Crippen LogP contribution in [0.1, 0.15) is 252 Å². The molecule has 0 radical (unpaired) electrons. The lowest BCUT2D eigenvalue weighted by atomic mass is 10.2. The van der Waals surface area contributed by atoms with Crippen LogP contribution in [0.3, 0.4) is 0 Å². The zero-order valence-electron chi connectivity index (χ0n) is 57.8. The van der Waals surface area contributed by atoms with Crippen LogP contribution in [0.15, 0.2) is 103 Å². The number of likely N-dealkylation sites (N-methyl/N-ethyl adjacent to an activating group) is 2. The topological polar surface area (TPSA) is 90.5 Å². The van der Waals surface area contributed by atoms with Crippen molar-refractivity contribution in [2.75, 3.05) is 79.7 Å². The van der Waals surface area contributed by atoms with Gasteiger partial charge in [-0.3, -0.25) is 15.0 Å². The molecule has 0 amide bonds. The van der Waals surface area contributed by atoms with E-state index >= 15 is 0 Å². The van der Waals surface area contributed by atoms with Crippen molar-refractivity contribution in [2.24, 2.45) is 0 Å². The molecule has 3 aromatic heterocycles. The Morgan fingerprint density at radius 1 is 0.342 bits per heavy atom. The lowest BCUT2D eigenvalue weighted by Crippen LogP contribution is -2.42. The normalized spacial score (nSPS) is 12.4. The Bertz CT molecular complexity index is 840. The van der Waals surface area contributed by atoms with Crippen LogP contribution in [0.2, 0.25) is 0 Å². The number of aromatic nitrogens is 3. The predicted molar refractivity (Wildman–Crippen MR) is 364 cm³/mol. The standard InChI is InChI=1S/C6H14N2.C5H11N.C5H7N.C5H5N.C5H10O.C4H4N2.C4H9N.C4H4S.14C2H6/c1-7-3-5-8(2)6-4-7;4*1-2-4-6-5-3-1;1-2-6-4-3-5-1;2*1-2-4-5-3-1;14*1-2/h3-6H2,1-2H3;6H,1-5H2;2-6H,1H2;1-5H;1-5H2;1-4H;5H,1-4H2;1-4H;14*1-2H3. The van der Waals surface area contributed by atoms with Crippen LogP contribution >= 0.6 is 11.3 Å². The van der Waals surface area contributed by atoms with Gasteiger partial charge in [-0.25, -0.2) is 0 Å². The average molecular weight is 1100 g/mol. The Balaban J connectivity index is -0.0000000453. The number of dihydropyridines is 1. The third-order valence-electron chi connectivity index (χ3n) is 7.14. The molecule has 0 aliphatic carbocycles. The summed E-state index contributed by atoms with van der Waals surface area (Å²) in [6, 6.07) is 9.75. The summed E-state index contributed by atoms with van der Waals surface area (Å²) < 4.78 is 5.07. The highest BCUT2D eigenvalue weighted by atomic mass is 32.1. The average Bonchev–Trinajstić information content (AvgIpc) is 4.40. The van der Waals surface area contributed by atoms with Gasteiger partial charge in [-0.1, -0.05) is 231 Å². The van der Waals surface area contributed by atoms with Crippen molar-refractivity contribution >= 4 is 11.3 Å². The van der Waals surface area contributed by atoms with Crippen molar-refractivity contribution in [3.8, 4) is 0 Å². The van der Waals surface area contributed by atoms with E-state index in [-0.39, 0.29) is 0 Å². The lowest BCUT2D eigenvalue weighted by Gasteiger charge is -2.28. The number of nitrogens with zero attached hydrogens (tertiary/aromatic N) is 5. The van der Waals surface area contributed by atoms with E-state index in [9.17, 15) is 0 Å². The molecule has 0 bridgehead atoms. The summed E-state index contributed by atoms with van der Waals surface area (Å²) in [5.74, 6) is 0. The van der Waals surface area contributed by atoms with E-state index in [2.05, 4.69) is 66.9 Å². The van der Waals surface area contributed by atoms with Crippen molar-refractivity contribution in [3.63, 3.8) is 0 Å². The second kappa shape index (κ2) is 164. The molecule has 464 valence electrons. The molecule has 3 aromatic rings. The Hall–Kier alpha value is -2.99. The third-order valence-corrected chi connectivity index (χ3v) is 7.77. The molecular weight excluding hydrogens is 953 g/mol. The highest BCUT2D eigenvalue weighted by molar-refractivity contribution is 7.07. The number of ether oxygens (including phenoxy) is 1. The highest BCUT2D eigenvalue weighted by Crippen LogP contribution is 2.02. The minimum Gasteiger partial charge on any atom is -0.381 e. The van der Waals surface area contributed by atoms with Gasteiger partial charge in [0.05, 0.1) is 0 Å². The summed E-state index contributed by atoms with van der Waals surface area (Å²) in [6.45, 7) is 67.9. The summed E-state index contributed by atoms with van der Waals surface area (Å²) in [4.78, 5) is 16.0. The van der Waals surface area contributed by atoms with E-state index in [0.29, 0.717) is 0 Å². The molecule has 10 heteroatoms. The summed E-state index contributed by atoms with van der Waals surface area (Å²) in [7, 11) is 4.35. The molecule has 8 rings (SSSR count).